The molecule has 0 atom stereocenters. The van der Waals surface area contributed by atoms with Crippen molar-refractivity contribution < 1.29 is 6.22 Å². The predicted molar refractivity (Wildman–Crippen MR) is 50.8 cm³/mol. The van der Waals surface area contributed by atoms with Gasteiger partial charge in [0, 0.05) is 14.0 Å². The van der Waals surface area contributed by atoms with Gasteiger partial charge in [-0.3, -0.25) is 4.79 Å². The first-order valence-electron chi connectivity index (χ1n) is 3.75. The summed E-state index contributed by atoms with van der Waals surface area (Å²) in [6.45, 7) is 3.34. The van der Waals surface area contributed by atoms with Crippen molar-refractivity contribution in [1.29, 1.82) is 0 Å². The van der Waals surface area contributed by atoms with E-state index in [-0.39, 0.29) is 7.33 Å². The molecule has 0 saturated heterocycles. The van der Waals surface area contributed by atoms with Crippen molar-refractivity contribution in [1.82, 2.24) is 5.32 Å². The van der Waals surface area contributed by atoms with Gasteiger partial charge < -0.3 is 16.8 Å². The summed E-state index contributed by atoms with van der Waals surface area (Å²) in [6.07, 6.45) is 4.01. The molecule has 0 heterocycles. The van der Waals surface area contributed by atoms with Gasteiger partial charge in [-0.05, 0) is 18.6 Å². The molecule has 5 N–H and O–H groups in total. The maximum atomic E-state index is 10.5. The van der Waals surface area contributed by atoms with E-state index in [2.05, 4.69) is 5.32 Å². The smallest absolute Gasteiger partial charge is 0.222 e. The zero-order valence-corrected chi connectivity index (χ0v) is 7.42. The van der Waals surface area contributed by atoms with E-state index in [1.54, 1.807) is 12.2 Å². The Morgan fingerprint density at radius 3 is 2.50 bits per heavy atom. The molecule has 0 aliphatic heterocycles. The lowest BCUT2D eigenvalue weighted by atomic mass is 10.3. The number of amides is 1. The molecule has 0 fully saturated rings. The molecule has 1 amide bonds. The number of nitrogens with one attached hydrogen (secondary N) is 1. The first-order valence-corrected chi connectivity index (χ1v) is 3.75. The van der Waals surface area contributed by atoms with Crippen molar-refractivity contribution >= 4 is 5.91 Å². The lowest BCUT2D eigenvalue weighted by Gasteiger charge is -1.99. The van der Waals surface area contributed by atoms with Gasteiger partial charge in [-0.25, -0.2) is 0 Å². The van der Waals surface area contributed by atoms with Crippen molar-refractivity contribution in [2.24, 2.45) is 11.5 Å². The third-order valence-corrected chi connectivity index (χ3v) is 1.21. The van der Waals surface area contributed by atoms with Gasteiger partial charge >= 0.3 is 0 Å². The summed E-state index contributed by atoms with van der Waals surface area (Å²) in [5, 5.41) is 2.42. The van der Waals surface area contributed by atoms with Crippen molar-refractivity contribution in [2.75, 3.05) is 0 Å². The number of hydrogen-bond acceptors (Lipinski definition) is 3. The fourth-order valence-corrected chi connectivity index (χ4v) is 0.560. The third kappa shape index (κ3) is 5.34. The lowest BCUT2D eigenvalue weighted by Crippen LogP contribution is -2.24. The standard InChI is InChI=1S/C8H15N3O.H2/c1-3-7(9)4-5-8(10)11-6(2)12;/h4-5H,3,9-10H2,1-2H3,(H,11,12);1H/b7-4-,8-5+;. The maximum absolute atomic E-state index is 10.5. The third-order valence-electron chi connectivity index (χ3n) is 1.21. The van der Waals surface area contributed by atoms with Crippen molar-refractivity contribution in [2.45, 2.75) is 20.3 Å². The van der Waals surface area contributed by atoms with Crippen LogP contribution in [0.3, 0.4) is 0 Å². The largest absolute Gasteiger partial charge is 0.402 e. The number of carbonyl (C=O) groups excluding carboxylic acids is 1. The van der Waals surface area contributed by atoms with Crippen LogP contribution >= 0.6 is 0 Å². The average molecular weight is 171 g/mol. The van der Waals surface area contributed by atoms with Gasteiger partial charge in [0.05, 0.1) is 0 Å². The first-order chi connectivity index (χ1) is 5.56. The first kappa shape index (κ1) is 10.6. The van der Waals surface area contributed by atoms with Gasteiger partial charge in [0.25, 0.3) is 0 Å². The number of allylic oxidation sites excluding steroid dienone is 3. The quantitative estimate of drug-likeness (QED) is 0.538. The van der Waals surface area contributed by atoms with Gasteiger partial charge in [-0.15, -0.1) is 0 Å². The van der Waals surface area contributed by atoms with Crippen LogP contribution in [0.2, 0.25) is 0 Å². The Kier molecular flexibility index (Phi) is 4.60. The van der Waals surface area contributed by atoms with E-state index in [0.717, 1.165) is 12.1 Å². The van der Waals surface area contributed by atoms with Crippen molar-refractivity contribution in [3.63, 3.8) is 0 Å². The highest BCUT2D eigenvalue weighted by Gasteiger charge is 1.90. The van der Waals surface area contributed by atoms with Gasteiger partial charge in [0.1, 0.15) is 5.82 Å². The van der Waals surface area contributed by atoms with Gasteiger partial charge in [0.2, 0.25) is 5.91 Å². The summed E-state index contributed by atoms with van der Waals surface area (Å²) < 4.78 is 0. The Labute approximate surface area is 73.8 Å². The molecule has 70 valence electrons. The second-order valence-electron chi connectivity index (χ2n) is 2.40. The van der Waals surface area contributed by atoms with E-state index in [1.807, 2.05) is 6.92 Å². The van der Waals surface area contributed by atoms with E-state index in [4.69, 9.17) is 11.5 Å². The lowest BCUT2D eigenvalue weighted by molar-refractivity contribution is -0.118. The average Bonchev–Trinajstić information content (AvgIpc) is 1.99. The number of nitrogens with two attached hydrogens (primary N) is 2. The Balaban J connectivity index is 0. The van der Waals surface area contributed by atoms with E-state index >= 15 is 0 Å². The maximum Gasteiger partial charge on any atom is 0.222 e. The minimum Gasteiger partial charge on any atom is -0.402 e. The molecule has 4 heteroatoms. The van der Waals surface area contributed by atoms with Crippen molar-refractivity contribution in [3.8, 4) is 0 Å². The van der Waals surface area contributed by atoms with Crippen LogP contribution in [0.4, 0.5) is 0 Å². The van der Waals surface area contributed by atoms with Crippen LogP contribution in [0.25, 0.3) is 0 Å². The van der Waals surface area contributed by atoms with Crippen LogP contribution in [-0.4, -0.2) is 5.91 Å². The Morgan fingerprint density at radius 2 is 2.08 bits per heavy atom. The summed E-state index contributed by atoms with van der Waals surface area (Å²) in [7, 11) is 0. The Bertz CT molecular complexity index is 223. The Morgan fingerprint density at radius 1 is 1.50 bits per heavy atom. The molecule has 0 aliphatic carbocycles. The number of rotatable bonds is 3. The molecule has 12 heavy (non-hydrogen) atoms. The Hall–Kier alpha value is -1.45. The topological polar surface area (TPSA) is 81.1 Å². The molecule has 0 unspecified atom stereocenters. The fraction of sp³-hybridized carbons (Fsp3) is 0.375. The highest BCUT2D eigenvalue weighted by atomic mass is 16.1. The molecule has 0 aromatic heterocycles. The summed E-state index contributed by atoms with van der Waals surface area (Å²) >= 11 is 0. The van der Waals surface area contributed by atoms with E-state index < -0.39 is 0 Å². The van der Waals surface area contributed by atoms with Crippen LogP contribution in [0, 0.1) is 0 Å². The van der Waals surface area contributed by atoms with Gasteiger partial charge in [-0.1, -0.05) is 6.92 Å². The normalized spacial score (nSPS) is 12.8. The summed E-state index contributed by atoms with van der Waals surface area (Å²) in [4.78, 5) is 10.5. The number of carbonyl (C=O) groups is 1. The fourth-order valence-electron chi connectivity index (χ4n) is 0.560. The molecule has 0 aromatic rings. The molecule has 0 spiro atoms. The van der Waals surface area contributed by atoms with Crippen LogP contribution < -0.4 is 16.8 Å². The minimum atomic E-state index is -0.188. The second kappa shape index (κ2) is 5.23. The van der Waals surface area contributed by atoms with Gasteiger partial charge in [-0.2, -0.15) is 0 Å². The SMILES string of the molecule is CC/C(N)=C/C=C(\N)NC(C)=O.[HH]. The zero-order valence-electron chi connectivity index (χ0n) is 7.42. The minimum absolute atomic E-state index is 0. The summed E-state index contributed by atoms with van der Waals surface area (Å²) in [5.74, 6) is 0.117. The van der Waals surface area contributed by atoms with Crippen molar-refractivity contribution in [3.05, 3.63) is 23.7 Å². The van der Waals surface area contributed by atoms with Crippen LogP contribution in [0.15, 0.2) is 23.7 Å². The summed E-state index contributed by atoms with van der Waals surface area (Å²) in [6, 6.07) is 0. The molecule has 0 bridgehead atoms. The monoisotopic (exact) mass is 171 g/mol. The molecule has 0 saturated carbocycles. The molecule has 0 radical (unpaired) electrons. The zero-order chi connectivity index (χ0) is 9.56. The van der Waals surface area contributed by atoms with Crippen LogP contribution in [0.1, 0.15) is 21.7 Å². The molecular formula is C8H17N3O. The van der Waals surface area contributed by atoms with Gasteiger partial charge in [0.15, 0.2) is 0 Å². The predicted octanol–water partition coefficient (Wildman–Crippen LogP) is 0.421. The molecule has 0 aliphatic rings. The molecule has 0 aromatic carbocycles. The highest BCUT2D eigenvalue weighted by molar-refractivity contribution is 5.74. The second-order valence-corrected chi connectivity index (χ2v) is 2.40. The highest BCUT2D eigenvalue weighted by Crippen LogP contribution is 1.91. The van der Waals surface area contributed by atoms with Crippen LogP contribution in [-0.2, 0) is 4.79 Å². The summed E-state index contributed by atoms with van der Waals surface area (Å²) in [5.41, 5.74) is 11.6. The van der Waals surface area contributed by atoms with E-state index in [9.17, 15) is 4.79 Å². The molecular weight excluding hydrogens is 154 g/mol. The number of hydrogen-bond donors (Lipinski definition) is 3. The van der Waals surface area contributed by atoms with Crippen LogP contribution in [0.5, 0.6) is 0 Å². The molecule has 0 rings (SSSR count). The van der Waals surface area contributed by atoms with E-state index in [1.165, 1.54) is 6.92 Å². The molecule has 4 nitrogen and oxygen atoms in total. The van der Waals surface area contributed by atoms with E-state index in [0.29, 0.717) is 5.82 Å².